The van der Waals surface area contributed by atoms with Gasteiger partial charge < -0.3 is 24.4 Å². The Morgan fingerprint density at radius 3 is 2.74 bits per heavy atom. The summed E-state index contributed by atoms with van der Waals surface area (Å²) in [5, 5.41) is 18.7. The maximum atomic E-state index is 14.6. The second kappa shape index (κ2) is 10.3. The first-order chi connectivity index (χ1) is 18.8. The Hall–Kier alpha value is -3.31. The van der Waals surface area contributed by atoms with Gasteiger partial charge in [-0.25, -0.2) is 4.68 Å². The Morgan fingerprint density at radius 1 is 1.31 bits per heavy atom. The molecule has 1 spiro atoms. The van der Waals surface area contributed by atoms with Crippen molar-refractivity contribution >= 4 is 28.8 Å². The first-order valence-corrected chi connectivity index (χ1v) is 13.8. The summed E-state index contributed by atoms with van der Waals surface area (Å²) in [5.74, 6) is -2.83. The molecule has 3 fully saturated rings. The largest absolute Gasteiger partial charge is 0.466 e. The van der Waals surface area contributed by atoms with Gasteiger partial charge in [-0.15, -0.1) is 11.7 Å². The van der Waals surface area contributed by atoms with Crippen LogP contribution in [0.15, 0.2) is 36.9 Å². The van der Waals surface area contributed by atoms with Gasteiger partial charge in [0.1, 0.15) is 29.7 Å². The Morgan fingerprint density at radius 2 is 2.08 bits per heavy atom. The molecule has 2 unspecified atom stereocenters. The number of para-hydroxylation sites is 1. The van der Waals surface area contributed by atoms with E-state index in [1.165, 1.54) is 4.90 Å². The highest BCUT2D eigenvalue weighted by atomic mass is 16.6. The van der Waals surface area contributed by atoms with Crippen molar-refractivity contribution in [2.45, 2.75) is 76.4 Å². The van der Waals surface area contributed by atoms with Crippen molar-refractivity contribution in [3.05, 3.63) is 36.9 Å². The second-order valence-electron chi connectivity index (χ2n) is 10.6. The standard InChI is InChI=1S/C28H37N5O6/c1-5-15-31(17-32-20-12-10-9-11-19(20)29-30-32)25(36)23-28-14-13-27(7-3,39-28)22(26(37)38-8-4)21(28)24(35)33(23)18(6-2)16-34/h5,9-12,18,21-23,34H,1,6-8,13-17H2,2-4H3/t18-,21-,22-,23?,27+,28?/m0/s1. The third-order valence-electron chi connectivity index (χ3n) is 8.85. The molecule has 0 saturated carbocycles. The van der Waals surface area contributed by atoms with Crippen molar-refractivity contribution in [2.24, 2.45) is 11.8 Å². The third-order valence-corrected chi connectivity index (χ3v) is 8.85. The number of carbonyl (C=O) groups is 3. The molecule has 11 nitrogen and oxygen atoms in total. The summed E-state index contributed by atoms with van der Waals surface area (Å²) in [4.78, 5) is 45.1. The zero-order chi connectivity index (χ0) is 27.9. The normalized spacial score (nSPS) is 30.0. The fourth-order valence-electron chi connectivity index (χ4n) is 7.06. The van der Waals surface area contributed by atoms with Gasteiger partial charge >= 0.3 is 5.97 Å². The van der Waals surface area contributed by atoms with Crippen LogP contribution in [0, 0.1) is 11.8 Å². The number of aliphatic hydroxyl groups excluding tert-OH is 1. The van der Waals surface area contributed by atoms with Crippen molar-refractivity contribution in [3.8, 4) is 0 Å². The molecule has 3 aliphatic rings. The lowest BCUT2D eigenvalue weighted by atomic mass is 9.65. The van der Waals surface area contributed by atoms with Crippen LogP contribution in [0.5, 0.6) is 0 Å². The van der Waals surface area contributed by atoms with Crippen LogP contribution in [-0.4, -0.2) is 90.7 Å². The molecular formula is C28H37N5O6. The average molecular weight is 540 g/mol. The van der Waals surface area contributed by atoms with Crippen molar-refractivity contribution in [2.75, 3.05) is 19.8 Å². The monoisotopic (exact) mass is 539 g/mol. The molecule has 4 heterocycles. The highest BCUT2D eigenvalue weighted by Crippen LogP contribution is 2.64. The van der Waals surface area contributed by atoms with Gasteiger partial charge in [-0.05, 0) is 44.7 Å². The topological polar surface area (TPSA) is 127 Å². The molecule has 2 amide bonds. The van der Waals surface area contributed by atoms with Crippen LogP contribution in [0.3, 0.4) is 0 Å². The first-order valence-electron chi connectivity index (χ1n) is 13.8. The third kappa shape index (κ3) is 3.97. The number of aliphatic hydroxyl groups is 1. The molecule has 3 saturated heterocycles. The average Bonchev–Trinajstić information content (AvgIpc) is 3.67. The van der Waals surface area contributed by atoms with Gasteiger partial charge in [-0.3, -0.25) is 14.4 Å². The van der Waals surface area contributed by atoms with Gasteiger partial charge in [0.25, 0.3) is 0 Å². The Labute approximate surface area is 227 Å². The number of nitrogens with zero attached hydrogens (tertiary/aromatic N) is 5. The SMILES string of the molecule is C=CCN(Cn1nnc2ccccc21)C(=O)C1N([C@@H](CC)CO)C(=O)[C@@H]2[C@@H](C(=O)OCC)[C@@]3(CC)CCC12O3. The van der Waals surface area contributed by atoms with E-state index in [0.717, 1.165) is 5.52 Å². The van der Waals surface area contributed by atoms with Crippen LogP contribution < -0.4 is 0 Å². The lowest BCUT2D eigenvalue weighted by Crippen LogP contribution is -2.59. The predicted octanol–water partition coefficient (Wildman–Crippen LogP) is 1.89. The van der Waals surface area contributed by atoms with E-state index in [1.54, 1.807) is 22.6 Å². The molecule has 6 atom stereocenters. The fraction of sp³-hybridized carbons (Fsp3) is 0.607. The number of benzene rings is 1. The van der Waals surface area contributed by atoms with Crippen LogP contribution >= 0.6 is 0 Å². The lowest BCUT2D eigenvalue weighted by molar-refractivity contribution is -0.163. The molecule has 210 valence electrons. The molecule has 1 N–H and O–H groups in total. The van der Waals surface area contributed by atoms with Gasteiger partial charge in [0.2, 0.25) is 11.8 Å². The number of likely N-dealkylation sites (tertiary alicyclic amines) is 1. The molecule has 1 aromatic carbocycles. The quantitative estimate of drug-likeness (QED) is 0.339. The minimum Gasteiger partial charge on any atom is -0.466 e. The van der Waals surface area contributed by atoms with E-state index in [-0.39, 0.29) is 38.2 Å². The molecule has 11 heteroatoms. The molecule has 0 aliphatic carbocycles. The molecule has 39 heavy (non-hydrogen) atoms. The number of aromatic nitrogens is 3. The summed E-state index contributed by atoms with van der Waals surface area (Å²) in [5.41, 5.74) is -0.606. The zero-order valence-corrected chi connectivity index (χ0v) is 22.8. The lowest BCUT2D eigenvalue weighted by Gasteiger charge is -2.39. The number of amides is 2. The van der Waals surface area contributed by atoms with E-state index >= 15 is 0 Å². The van der Waals surface area contributed by atoms with E-state index in [0.29, 0.717) is 31.2 Å². The van der Waals surface area contributed by atoms with E-state index in [2.05, 4.69) is 16.9 Å². The summed E-state index contributed by atoms with van der Waals surface area (Å²) in [6.45, 7) is 9.52. The van der Waals surface area contributed by atoms with E-state index < -0.39 is 41.1 Å². The molecule has 0 radical (unpaired) electrons. The van der Waals surface area contributed by atoms with Crippen LogP contribution in [0.1, 0.15) is 46.5 Å². The Kier molecular flexibility index (Phi) is 7.23. The molecule has 1 aromatic heterocycles. The number of rotatable bonds is 11. The van der Waals surface area contributed by atoms with Gasteiger partial charge in [0.05, 0.1) is 36.3 Å². The summed E-state index contributed by atoms with van der Waals surface area (Å²) < 4.78 is 13.8. The summed E-state index contributed by atoms with van der Waals surface area (Å²) in [6.07, 6.45) is 3.57. The minimum absolute atomic E-state index is 0.0841. The summed E-state index contributed by atoms with van der Waals surface area (Å²) in [6, 6.07) is 5.84. The van der Waals surface area contributed by atoms with E-state index in [4.69, 9.17) is 9.47 Å². The number of hydrogen-bond donors (Lipinski definition) is 1. The zero-order valence-electron chi connectivity index (χ0n) is 22.8. The predicted molar refractivity (Wildman–Crippen MR) is 141 cm³/mol. The highest BCUT2D eigenvalue weighted by molar-refractivity contribution is 5.98. The maximum absolute atomic E-state index is 14.6. The molecule has 5 rings (SSSR count). The number of hydrogen-bond acceptors (Lipinski definition) is 8. The van der Waals surface area contributed by atoms with Crippen LogP contribution in [0.25, 0.3) is 11.0 Å². The van der Waals surface area contributed by atoms with Crippen molar-refractivity contribution in [3.63, 3.8) is 0 Å². The van der Waals surface area contributed by atoms with Gasteiger partial charge in [-0.2, -0.15) is 0 Å². The summed E-state index contributed by atoms with van der Waals surface area (Å²) >= 11 is 0. The highest BCUT2D eigenvalue weighted by Gasteiger charge is 2.79. The molecule has 2 aromatic rings. The summed E-state index contributed by atoms with van der Waals surface area (Å²) in [7, 11) is 0. The molecular weight excluding hydrogens is 502 g/mol. The number of ether oxygens (including phenoxy) is 2. The minimum atomic E-state index is -1.20. The maximum Gasteiger partial charge on any atom is 0.312 e. The Bertz CT molecular complexity index is 1280. The first kappa shape index (κ1) is 27.3. The molecule has 2 bridgehead atoms. The van der Waals surface area contributed by atoms with Crippen LogP contribution in [0.2, 0.25) is 0 Å². The Balaban J connectivity index is 1.59. The second-order valence-corrected chi connectivity index (χ2v) is 10.6. The van der Waals surface area contributed by atoms with Gasteiger partial charge in [-0.1, -0.05) is 37.3 Å². The van der Waals surface area contributed by atoms with Gasteiger partial charge in [0, 0.05) is 6.54 Å². The van der Waals surface area contributed by atoms with Crippen LogP contribution in [-0.2, 0) is 30.5 Å². The van der Waals surface area contributed by atoms with Crippen LogP contribution in [0.4, 0.5) is 0 Å². The smallest absolute Gasteiger partial charge is 0.312 e. The van der Waals surface area contributed by atoms with Crippen molar-refractivity contribution in [1.82, 2.24) is 24.8 Å². The fourth-order valence-corrected chi connectivity index (χ4v) is 7.06. The van der Waals surface area contributed by atoms with Crippen molar-refractivity contribution in [1.29, 1.82) is 0 Å². The number of carbonyl (C=O) groups excluding carboxylic acids is 3. The van der Waals surface area contributed by atoms with Gasteiger partial charge in [0.15, 0.2) is 0 Å². The van der Waals surface area contributed by atoms with E-state index in [9.17, 15) is 19.5 Å². The number of fused-ring (bicyclic) bond motifs is 2. The molecule has 3 aliphatic heterocycles. The number of esters is 1. The van der Waals surface area contributed by atoms with Crippen molar-refractivity contribution < 1.29 is 29.0 Å². The van der Waals surface area contributed by atoms with E-state index in [1.807, 2.05) is 38.1 Å².